The molecule has 0 aromatic carbocycles. The van der Waals surface area contributed by atoms with Crippen LogP contribution >= 0.6 is 11.6 Å². The van der Waals surface area contributed by atoms with Crippen molar-refractivity contribution in [3.05, 3.63) is 0 Å². The smallest absolute Gasteiger partial charge is 0.306 e. The van der Waals surface area contributed by atoms with Gasteiger partial charge in [0.1, 0.15) is 6.10 Å². The van der Waals surface area contributed by atoms with Gasteiger partial charge in [-0.3, -0.25) is 9.59 Å². The summed E-state index contributed by atoms with van der Waals surface area (Å²) in [5.74, 6) is -0.0461. The van der Waals surface area contributed by atoms with Crippen LogP contribution in [0.4, 0.5) is 0 Å². The zero-order valence-corrected chi connectivity index (χ0v) is 9.63. The third-order valence-electron chi connectivity index (χ3n) is 1.95. The van der Waals surface area contributed by atoms with E-state index in [2.05, 4.69) is 0 Å². The molecule has 0 amide bonds. The molecular weight excluding hydrogens is 204 g/mol. The molecule has 0 aliphatic carbocycles. The van der Waals surface area contributed by atoms with Crippen LogP contribution in [-0.2, 0) is 14.3 Å². The summed E-state index contributed by atoms with van der Waals surface area (Å²) in [4.78, 5) is 21.6. The van der Waals surface area contributed by atoms with Crippen LogP contribution in [0.3, 0.4) is 0 Å². The zero-order chi connectivity index (χ0) is 11.1. The van der Waals surface area contributed by atoms with Gasteiger partial charge in [0.15, 0.2) is 0 Å². The summed E-state index contributed by atoms with van der Waals surface area (Å²) in [5.41, 5.74) is 0. The van der Waals surface area contributed by atoms with E-state index in [1.54, 1.807) is 0 Å². The van der Waals surface area contributed by atoms with Gasteiger partial charge in [-0.15, -0.1) is 0 Å². The van der Waals surface area contributed by atoms with Gasteiger partial charge in [0.05, 0.1) is 6.42 Å². The van der Waals surface area contributed by atoms with E-state index < -0.39 is 5.24 Å². The van der Waals surface area contributed by atoms with Gasteiger partial charge in [-0.2, -0.15) is 0 Å². The number of hydrogen-bond donors (Lipinski definition) is 0. The standard InChI is InChI=1S/C10H17ClO3/c1-4-8(7(2)3)14-10(13)6-5-9(11)12/h7-8H,4-6H2,1-3H3. The first-order valence-corrected chi connectivity index (χ1v) is 5.23. The van der Waals surface area contributed by atoms with E-state index in [1.165, 1.54) is 0 Å². The van der Waals surface area contributed by atoms with Crippen molar-refractivity contribution < 1.29 is 14.3 Å². The molecule has 82 valence electrons. The second-order valence-electron chi connectivity index (χ2n) is 3.54. The Morgan fingerprint density at radius 3 is 2.21 bits per heavy atom. The summed E-state index contributed by atoms with van der Waals surface area (Å²) in [7, 11) is 0. The van der Waals surface area contributed by atoms with Gasteiger partial charge in [0.2, 0.25) is 5.24 Å². The lowest BCUT2D eigenvalue weighted by atomic mass is 10.1. The van der Waals surface area contributed by atoms with Gasteiger partial charge in [0.25, 0.3) is 0 Å². The highest BCUT2D eigenvalue weighted by Crippen LogP contribution is 2.11. The molecule has 0 spiro atoms. The molecule has 0 aromatic heterocycles. The van der Waals surface area contributed by atoms with Gasteiger partial charge in [-0.05, 0) is 23.9 Å². The topological polar surface area (TPSA) is 43.4 Å². The maximum absolute atomic E-state index is 11.2. The monoisotopic (exact) mass is 220 g/mol. The normalized spacial score (nSPS) is 12.6. The zero-order valence-electron chi connectivity index (χ0n) is 8.88. The van der Waals surface area contributed by atoms with E-state index in [0.717, 1.165) is 6.42 Å². The molecule has 14 heavy (non-hydrogen) atoms. The quantitative estimate of drug-likeness (QED) is 0.510. The lowest BCUT2D eigenvalue weighted by molar-refractivity contribution is -0.152. The highest BCUT2D eigenvalue weighted by Gasteiger charge is 2.16. The molecule has 0 N–H and O–H groups in total. The van der Waals surface area contributed by atoms with E-state index in [4.69, 9.17) is 16.3 Å². The summed E-state index contributed by atoms with van der Waals surface area (Å²) < 4.78 is 5.16. The number of carbonyl (C=O) groups excluding carboxylic acids is 2. The Hall–Kier alpha value is -0.570. The van der Waals surface area contributed by atoms with E-state index >= 15 is 0 Å². The van der Waals surface area contributed by atoms with Crippen LogP contribution in [0.1, 0.15) is 40.0 Å². The second kappa shape index (κ2) is 6.82. The van der Waals surface area contributed by atoms with Gasteiger partial charge >= 0.3 is 5.97 Å². The van der Waals surface area contributed by atoms with Crippen molar-refractivity contribution in [2.45, 2.75) is 46.1 Å². The number of hydrogen-bond acceptors (Lipinski definition) is 3. The number of carbonyl (C=O) groups is 2. The van der Waals surface area contributed by atoms with Crippen molar-refractivity contribution in [3.8, 4) is 0 Å². The molecule has 1 atom stereocenters. The van der Waals surface area contributed by atoms with Crippen molar-refractivity contribution in [2.75, 3.05) is 0 Å². The van der Waals surface area contributed by atoms with Crippen LogP contribution in [-0.4, -0.2) is 17.3 Å². The Labute approximate surface area is 89.8 Å². The molecule has 0 aliphatic heterocycles. The van der Waals surface area contributed by atoms with Crippen LogP contribution < -0.4 is 0 Å². The molecule has 0 rings (SSSR count). The molecular formula is C10H17ClO3. The molecule has 0 saturated carbocycles. The van der Waals surface area contributed by atoms with Crippen LogP contribution in [0.15, 0.2) is 0 Å². The third kappa shape index (κ3) is 5.97. The second-order valence-corrected chi connectivity index (χ2v) is 3.96. The fourth-order valence-electron chi connectivity index (χ4n) is 1.12. The minimum absolute atomic E-state index is 0.0505. The van der Waals surface area contributed by atoms with Crippen LogP contribution in [0.25, 0.3) is 0 Å². The van der Waals surface area contributed by atoms with Crippen molar-refractivity contribution in [1.29, 1.82) is 0 Å². The molecule has 0 radical (unpaired) electrons. The summed E-state index contributed by atoms with van der Waals surface area (Å²) >= 11 is 5.11. The Kier molecular flexibility index (Phi) is 6.54. The predicted molar refractivity (Wildman–Crippen MR) is 55.1 cm³/mol. The summed E-state index contributed by atoms with van der Waals surface area (Å²) in [6.07, 6.45) is 0.853. The molecule has 0 aromatic rings. The largest absolute Gasteiger partial charge is 0.462 e. The number of halogens is 1. The Balaban J connectivity index is 3.85. The highest BCUT2D eigenvalue weighted by molar-refractivity contribution is 6.63. The van der Waals surface area contributed by atoms with Crippen molar-refractivity contribution in [2.24, 2.45) is 5.92 Å². The average molecular weight is 221 g/mol. The average Bonchev–Trinajstić information content (AvgIpc) is 2.10. The fraction of sp³-hybridized carbons (Fsp3) is 0.800. The maximum Gasteiger partial charge on any atom is 0.306 e. The van der Waals surface area contributed by atoms with Crippen LogP contribution in [0.5, 0.6) is 0 Å². The minimum Gasteiger partial charge on any atom is -0.462 e. The first kappa shape index (κ1) is 13.4. The van der Waals surface area contributed by atoms with Gasteiger partial charge in [-0.25, -0.2) is 0 Å². The first-order valence-electron chi connectivity index (χ1n) is 4.85. The SMILES string of the molecule is CCC(OC(=O)CCC(=O)Cl)C(C)C. The molecule has 0 heterocycles. The van der Waals surface area contributed by atoms with Crippen LogP contribution in [0, 0.1) is 5.92 Å². The minimum atomic E-state index is -0.500. The Morgan fingerprint density at radius 2 is 1.86 bits per heavy atom. The van der Waals surface area contributed by atoms with Crippen molar-refractivity contribution >= 4 is 22.8 Å². The Bertz CT molecular complexity index is 202. The lowest BCUT2D eigenvalue weighted by Crippen LogP contribution is -2.22. The first-order chi connectivity index (χ1) is 6.47. The molecule has 1 unspecified atom stereocenters. The maximum atomic E-state index is 11.2. The predicted octanol–water partition coefficient (Wildman–Crippen LogP) is 2.51. The summed E-state index contributed by atoms with van der Waals surface area (Å²) in [6, 6.07) is 0. The summed E-state index contributed by atoms with van der Waals surface area (Å²) in [6.45, 7) is 5.95. The number of ether oxygens (including phenoxy) is 1. The van der Waals surface area contributed by atoms with Crippen molar-refractivity contribution in [3.63, 3.8) is 0 Å². The summed E-state index contributed by atoms with van der Waals surface area (Å²) in [5, 5.41) is -0.500. The molecule has 0 aliphatic rings. The third-order valence-corrected chi connectivity index (χ3v) is 2.14. The van der Waals surface area contributed by atoms with Gasteiger partial charge < -0.3 is 4.74 Å². The fourth-order valence-corrected chi connectivity index (χ4v) is 1.21. The van der Waals surface area contributed by atoms with E-state index in [9.17, 15) is 9.59 Å². The molecule has 0 bridgehead atoms. The van der Waals surface area contributed by atoms with Gasteiger partial charge in [-0.1, -0.05) is 20.8 Å². The van der Waals surface area contributed by atoms with Crippen LogP contribution in [0.2, 0.25) is 0 Å². The number of esters is 1. The molecule has 0 fully saturated rings. The van der Waals surface area contributed by atoms with E-state index in [-0.39, 0.29) is 24.9 Å². The lowest BCUT2D eigenvalue weighted by Gasteiger charge is -2.19. The van der Waals surface area contributed by atoms with E-state index in [1.807, 2.05) is 20.8 Å². The van der Waals surface area contributed by atoms with Crippen molar-refractivity contribution in [1.82, 2.24) is 0 Å². The van der Waals surface area contributed by atoms with E-state index in [0.29, 0.717) is 5.92 Å². The highest BCUT2D eigenvalue weighted by atomic mass is 35.5. The van der Waals surface area contributed by atoms with Gasteiger partial charge in [0, 0.05) is 6.42 Å². The molecule has 3 nitrogen and oxygen atoms in total. The number of rotatable bonds is 6. The molecule has 4 heteroatoms. The molecule has 0 saturated heterocycles. The Morgan fingerprint density at radius 1 is 1.29 bits per heavy atom.